The van der Waals surface area contributed by atoms with Gasteiger partial charge in [0.25, 0.3) is 0 Å². The maximum absolute atomic E-state index is 11.4. The molecule has 3 nitrogen and oxygen atoms in total. The summed E-state index contributed by atoms with van der Waals surface area (Å²) in [6.07, 6.45) is 0. The number of hydrogen-bond acceptors (Lipinski definition) is 2. The molecule has 2 aromatic carbocycles. The van der Waals surface area contributed by atoms with Gasteiger partial charge in [-0.15, -0.1) is 0 Å². The van der Waals surface area contributed by atoms with Gasteiger partial charge in [-0.2, -0.15) is 0 Å². The summed E-state index contributed by atoms with van der Waals surface area (Å²) >= 11 is 3.47. The second-order valence-electron chi connectivity index (χ2n) is 4.47. The lowest BCUT2D eigenvalue weighted by molar-refractivity contribution is 0.417. The van der Waals surface area contributed by atoms with Crippen molar-refractivity contribution in [2.24, 2.45) is 0 Å². The molecule has 0 atom stereocenters. The van der Waals surface area contributed by atoms with Gasteiger partial charge in [-0.1, -0.05) is 28.1 Å². The van der Waals surface area contributed by atoms with Gasteiger partial charge in [0.1, 0.15) is 5.75 Å². The SMILES string of the molecule is COc1cc2ccc(=O)[nH]c2cc1-c1cccc(Br)c1. The smallest absolute Gasteiger partial charge is 0.248 e. The molecule has 0 saturated carbocycles. The number of pyridine rings is 1. The zero-order chi connectivity index (χ0) is 14.1. The molecule has 0 fully saturated rings. The number of nitrogens with one attached hydrogen (secondary N) is 1. The highest BCUT2D eigenvalue weighted by Gasteiger charge is 2.09. The summed E-state index contributed by atoms with van der Waals surface area (Å²) < 4.78 is 6.47. The zero-order valence-corrected chi connectivity index (χ0v) is 12.4. The first-order chi connectivity index (χ1) is 9.67. The van der Waals surface area contributed by atoms with Gasteiger partial charge >= 0.3 is 0 Å². The number of hydrogen-bond donors (Lipinski definition) is 1. The molecule has 0 amide bonds. The minimum absolute atomic E-state index is 0.108. The summed E-state index contributed by atoms with van der Waals surface area (Å²) in [5.74, 6) is 0.780. The number of benzene rings is 2. The van der Waals surface area contributed by atoms with Crippen molar-refractivity contribution in [1.29, 1.82) is 0 Å². The molecular formula is C16H12BrNO2. The van der Waals surface area contributed by atoms with E-state index in [1.807, 2.05) is 36.4 Å². The normalized spacial score (nSPS) is 10.7. The first kappa shape index (κ1) is 12.9. The fourth-order valence-electron chi connectivity index (χ4n) is 2.23. The van der Waals surface area contributed by atoms with E-state index in [0.29, 0.717) is 0 Å². The van der Waals surface area contributed by atoms with E-state index in [-0.39, 0.29) is 5.56 Å². The highest BCUT2D eigenvalue weighted by Crippen LogP contribution is 2.34. The van der Waals surface area contributed by atoms with Crippen molar-refractivity contribution < 1.29 is 4.74 Å². The van der Waals surface area contributed by atoms with Crippen LogP contribution in [0.15, 0.2) is 57.8 Å². The summed E-state index contributed by atoms with van der Waals surface area (Å²) in [4.78, 5) is 14.3. The van der Waals surface area contributed by atoms with Crippen LogP contribution in [-0.4, -0.2) is 12.1 Å². The number of halogens is 1. The number of rotatable bonds is 2. The van der Waals surface area contributed by atoms with E-state index in [4.69, 9.17) is 4.74 Å². The Bertz CT molecular complexity index is 839. The lowest BCUT2D eigenvalue weighted by Gasteiger charge is -2.11. The van der Waals surface area contributed by atoms with Crippen molar-refractivity contribution in [3.63, 3.8) is 0 Å². The van der Waals surface area contributed by atoms with E-state index in [1.165, 1.54) is 6.07 Å². The predicted molar refractivity (Wildman–Crippen MR) is 84.3 cm³/mol. The third-order valence-electron chi connectivity index (χ3n) is 3.18. The van der Waals surface area contributed by atoms with Gasteiger partial charge in [-0.05, 0) is 35.9 Å². The van der Waals surface area contributed by atoms with Crippen LogP contribution in [0.5, 0.6) is 5.75 Å². The fourth-order valence-corrected chi connectivity index (χ4v) is 2.63. The maximum Gasteiger partial charge on any atom is 0.248 e. The molecule has 0 aliphatic heterocycles. The number of methoxy groups -OCH3 is 1. The molecule has 3 aromatic rings. The van der Waals surface area contributed by atoms with Crippen LogP contribution >= 0.6 is 15.9 Å². The van der Waals surface area contributed by atoms with Crippen molar-refractivity contribution in [1.82, 2.24) is 4.98 Å². The van der Waals surface area contributed by atoms with Gasteiger partial charge in [0.05, 0.1) is 7.11 Å². The van der Waals surface area contributed by atoms with Gasteiger partial charge in [0.2, 0.25) is 5.56 Å². The second kappa shape index (κ2) is 5.13. The summed E-state index contributed by atoms with van der Waals surface area (Å²) in [5, 5.41) is 0.945. The van der Waals surface area contributed by atoms with E-state index in [0.717, 1.165) is 32.3 Å². The van der Waals surface area contributed by atoms with Crippen molar-refractivity contribution >= 4 is 26.8 Å². The number of ether oxygens (including phenoxy) is 1. The Morgan fingerprint density at radius 1 is 1.10 bits per heavy atom. The molecular weight excluding hydrogens is 318 g/mol. The van der Waals surface area contributed by atoms with Crippen LogP contribution in [0, 0.1) is 0 Å². The second-order valence-corrected chi connectivity index (χ2v) is 5.39. The first-order valence-electron chi connectivity index (χ1n) is 6.14. The topological polar surface area (TPSA) is 42.1 Å². The van der Waals surface area contributed by atoms with Crippen molar-refractivity contribution in [2.75, 3.05) is 7.11 Å². The van der Waals surface area contributed by atoms with Crippen LogP contribution in [-0.2, 0) is 0 Å². The van der Waals surface area contributed by atoms with E-state index in [9.17, 15) is 4.79 Å². The van der Waals surface area contributed by atoms with Crippen molar-refractivity contribution in [3.05, 3.63) is 63.4 Å². The Hall–Kier alpha value is -2.07. The molecule has 0 bridgehead atoms. The Kier molecular flexibility index (Phi) is 3.32. The Balaban J connectivity index is 2.30. The zero-order valence-electron chi connectivity index (χ0n) is 10.8. The lowest BCUT2D eigenvalue weighted by atomic mass is 10.0. The lowest BCUT2D eigenvalue weighted by Crippen LogP contribution is -2.02. The van der Waals surface area contributed by atoms with E-state index in [2.05, 4.69) is 20.9 Å². The van der Waals surface area contributed by atoms with Gasteiger partial charge in [-0.3, -0.25) is 4.79 Å². The molecule has 0 unspecified atom stereocenters. The average molecular weight is 330 g/mol. The summed E-state index contributed by atoms with van der Waals surface area (Å²) in [5.41, 5.74) is 2.67. The maximum atomic E-state index is 11.4. The molecule has 4 heteroatoms. The molecule has 1 heterocycles. The molecule has 0 aliphatic carbocycles. The van der Waals surface area contributed by atoms with E-state index in [1.54, 1.807) is 13.2 Å². The molecule has 3 rings (SSSR count). The molecule has 0 spiro atoms. The molecule has 0 aliphatic rings. The molecule has 0 radical (unpaired) electrons. The van der Waals surface area contributed by atoms with Crippen LogP contribution in [0.1, 0.15) is 0 Å². The quantitative estimate of drug-likeness (QED) is 0.773. The van der Waals surface area contributed by atoms with Crippen LogP contribution < -0.4 is 10.3 Å². The van der Waals surface area contributed by atoms with Crippen LogP contribution in [0.25, 0.3) is 22.0 Å². The predicted octanol–water partition coefficient (Wildman–Crippen LogP) is 3.97. The molecule has 1 aromatic heterocycles. The van der Waals surface area contributed by atoms with Crippen molar-refractivity contribution in [2.45, 2.75) is 0 Å². The summed E-state index contributed by atoms with van der Waals surface area (Å²) in [6.45, 7) is 0. The number of fused-ring (bicyclic) bond motifs is 1. The first-order valence-corrected chi connectivity index (χ1v) is 6.94. The van der Waals surface area contributed by atoms with Crippen LogP contribution in [0.2, 0.25) is 0 Å². The van der Waals surface area contributed by atoms with E-state index >= 15 is 0 Å². The summed E-state index contributed by atoms with van der Waals surface area (Å²) in [7, 11) is 1.65. The largest absolute Gasteiger partial charge is 0.496 e. The number of aromatic nitrogens is 1. The Morgan fingerprint density at radius 2 is 1.95 bits per heavy atom. The number of H-pyrrole nitrogens is 1. The van der Waals surface area contributed by atoms with Crippen LogP contribution in [0.4, 0.5) is 0 Å². The minimum Gasteiger partial charge on any atom is -0.496 e. The van der Waals surface area contributed by atoms with Gasteiger partial charge in [-0.25, -0.2) is 0 Å². The highest BCUT2D eigenvalue weighted by molar-refractivity contribution is 9.10. The van der Waals surface area contributed by atoms with Crippen LogP contribution in [0.3, 0.4) is 0 Å². The fraction of sp³-hybridized carbons (Fsp3) is 0.0625. The van der Waals surface area contributed by atoms with Gasteiger partial charge in [0.15, 0.2) is 0 Å². The molecule has 0 saturated heterocycles. The van der Waals surface area contributed by atoms with Crippen molar-refractivity contribution in [3.8, 4) is 16.9 Å². The Morgan fingerprint density at radius 3 is 2.70 bits per heavy atom. The van der Waals surface area contributed by atoms with Gasteiger partial charge in [0, 0.05) is 27.0 Å². The van der Waals surface area contributed by atoms with Gasteiger partial charge < -0.3 is 9.72 Å². The standard InChI is InChI=1S/C16H12BrNO2/c1-20-15-8-11-5-6-16(19)18-14(11)9-13(15)10-3-2-4-12(17)7-10/h2-9H,1H3,(H,18,19). The number of aromatic amines is 1. The monoisotopic (exact) mass is 329 g/mol. The minimum atomic E-state index is -0.108. The third-order valence-corrected chi connectivity index (χ3v) is 3.67. The third kappa shape index (κ3) is 2.34. The molecule has 100 valence electrons. The highest BCUT2D eigenvalue weighted by atomic mass is 79.9. The molecule has 1 N–H and O–H groups in total. The Labute approximate surface area is 124 Å². The van der Waals surface area contributed by atoms with E-state index < -0.39 is 0 Å². The average Bonchev–Trinajstić information content (AvgIpc) is 2.45. The molecule has 20 heavy (non-hydrogen) atoms. The summed E-state index contributed by atoms with van der Waals surface area (Å²) in [6, 6.07) is 15.1.